The Labute approximate surface area is 227 Å². The number of ether oxygens (including phenoxy) is 2. The van der Waals surface area contributed by atoms with Gasteiger partial charge in [0.15, 0.2) is 5.82 Å². The molecule has 200 valence electrons. The molecule has 9 heteroatoms. The summed E-state index contributed by atoms with van der Waals surface area (Å²) in [6, 6.07) is 18.0. The standard InChI is InChI=1S/C30H32N6O3/c1-20-16-22(8-9-25(20)38-23-7-5-6-21(17-23)30(18-31)11-12-30)35-27-26-24(33-19-34-27)10-14-36(26)15-13-32-28(37)39-29(2,3)4/h5-10,14,16-17,19H,11-13,15H2,1-4H3,(H,32,37)(H,33,34,35). The Balaban J connectivity index is 1.29. The molecule has 4 aromatic rings. The second-order valence-corrected chi connectivity index (χ2v) is 10.8. The van der Waals surface area contributed by atoms with Crippen molar-refractivity contribution in [1.29, 1.82) is 5.26 Å². The number of nitriles is 1. The van der Waals surface area contributed by atoms with Gasteiger partial charge in [0.1, 0.15) is 28.9 Å². The van der Waals surface area contributed by atoms with Gasteiger partial charge in [-0.25, -0.2) is 14.8 Å². The molecule has 1 saturated carbocycles. The molecule has 0 bridgehead atoms. The van der Waals surface area contributed by atoms with Gasteiger partial charge in [0.05, 0.1) is 17.0 Å². The number of carbonyl (C=O) groups is 1. The molecular weight excluding hydrogens is 492 g/mol. The van der Waals surface area contributed by atoms with Gasteiger partial charge >= 0.3 is 6.09 Å². The number of aromatic nitrogens is 3. The van der Waals surface area contributed by atoms with Gasteiger partial charge in [-0.3, -0.25) is 0 Å². The fourth-order valence-corrected chi connectivity index (χ4v) is 4.46. The number of anilines is 2. The minimum atomic E-state index is -0.547. The lowest BCUT2D eigenvalue weighted by Gasteiger charge is -2.19. The maximum Gasteiger partial charge on any atom is 0.407 e. The van der Waals surface area contributed by atoms with E-state index in [0.29, 0.717) is 24.7 Å². The van der Waals surface area contributed by atoms with Crippen molar-refractivity contribution in [3.8, 4) is 17.6 Å². The van der Waals surface area contributed by atoms with Gasteiger partial charge in [0, 0.05) is 25.0 Å². The van der Waals surface area contributed by atoms with E-state index in [-0.39, 0.29) is 5.41 Å². The molecule has 2 aromatic heterocycles. The predicted molar refractivity (Wildman–Crippen MR) is 149 cm³/mol. The molecule has 0 radical (unpaired) electrons. The molecule has 0 atom stereocenters. The van der Waals surface area contributed by atoms with E-state index in [1.54, 1.807) is 0 Å². The first-order chi connectivity index (χ1) is 18.7. The Morgan fingerprint density at radius 3 is 2.69 bits per heavy atom. The van der Waals surface area contributed by atoms with Gasteiger partial charge in [-0.05, 0) is 88.1 Å². The maximum atomic E-state index is 12.0. The topological polar surface area (TPSA) is 114 Å². The molecule has 9 nitrogen and oxygen atoms in total. The van der Waals surface area contributed by atoms with E-state index in [1.165, 1.54) is 6.33 Å². The number of nitrogens with zero attached hydrogens (tertiary/aromatic N) is 4. The van der Waals surface area contributed by atoms with Crippen LogP contribution in [0.2, 0.25) is 0 Å². The molecule has 0 unspecified atom stereocenters. The monoisotopic (exact) mass is 524 g/mol. The molecule has 1 fully saturated rings. The molecule has 0 saturated heterocycles. The summed E-state index contributed by atoms with van der Waals surface area (Å²) in [4.78, 5) is 20.9. The minimum Gasteiger partial charge on any atom is -0.457 e. The van der Waals surface area contributed by atoms with Gasteiger partial charge in [0.2, 0.25) is 0 Å². The fraction of sp³-hybridized carbons (Fsp3) is 0.333. The fourth-order valence-electron chi connectivity index (χ4n) is 4.46. The predicted octanol–water partition coefficient (Wildman–Crippen LogP) is 6.36. The normalized spacial score (nSPS) is 13.9. The number of nitrogens with one attached hydrogen (secondary N) is 2. The van der Waals surface area contributed by atoms with Crippen LogP contribution in [0.1, 0.15) is 44.7 Å². The summed E-state index contributed by atoms with van der Waals surface area (Å²) in [5.41, 5.74) is 3.56. The zero-order chi connectivity index (χ0) is 27.6. The molecule has 2 heterocycles. The van der Waals surface area contributed by atoms with E-state index in [1.807, 2.05) is 87.0 Å². The molecule has 5 rings (SSSR count). The summed E-state index contributed by atoms with van der Waals surface area (Å²) < 4.78 is 13.5. The van der Waals surface area contributed by atoms with Crippen molar-refractivity contribution in [2.75, 3.05) is 11.9 Å². The summed E-state index contributed by atoms with van der Waals surface area (Å²) >= 11 is 0. The quantitative estimate of drug-likeness (QED) is 0.276. The number of aryl methyl sites for hydroxylation is 1. The Hall–Kier alpha value is -4.58. The summed E-state index contributed by atoms with van der Waals surface area (Å²) in [7, 11) is 0. The third kappa shape index (κ3) is 5.96. The Morgan fingerprint density at radius 1 is 1.15 bits per heavy atom. The van der Waals surface area contributed by atoms with Gasteiger partial charge in [-0.2, -0.15) is 5.26 Å². The molecule has 0 spiro atoms. The molecule has 39 heavy (non-hydrogen) atoms. The molecule has 2 aromatic carbocycles. The van der Waals surface area contributed by atoms with E-state index in [9.17, 15) is 10.1 Å². The molecule has 1 amide bonds. The van der Waals surface area contributed by atoms with Crippen LogP contribution in [-0.4, -0.2) is 32.8 Å². The smallest absolute Gasteiger partial charge is 0.407 e. The van der Waals surface area contributed by atoms with Crippen LogP contribution in [0.3, 0.4) is 0 Å². The zero-order valence-corrected chi connectivity index (χ0v) is 22.6. The first-order valence-corrected chi connectivity index (χ1v) is 13.0. The van der Waals surface area contributed by atoms with Gasteiger partial charge in [0.25, 0.3) is 0 Å². The SMILES string of the molecule is Cc1cc(Nc2ncnc3ccn(CCNC(=O)OC(C)(C)C)c23)ccc1Oc1cccc(C2(C#N)CC2)c1. The van der Waals surface area contributed by atoms with E-state index in [2.05, 4.69) is 26.7 Å². The number of amides is 1. The van der Waals surface area contributed by atoms with Crippen LogP contribution < -0.4 is 15.4 Å². The number of fused-ring (bicyclic) bond motifs is 1. The van der Waals surface area contributed by atoms with Crippen molar-refractivity contribution in [2.45, 2.75) is 58.1 Å². The highest BCUT2D eigenvalue weighted by molar-refractivity contribution is 5.88. The largest absolute Gasteiger partial charge is 0.457 e. The minimum absolute atomic E-state index is 0.353. The van der Waals surface area contributed by atoms with E-state index in [0.717, 1.165) is 46.4 Å². The van der Waals surface area contributed by atoms with Crippen LogP contribution >= 0.6 is 0 Å². The summed E-state index contributed by atoms with van der Waals surface area (Å²) in [6.07, 6.45) is 4.79. The summed E-state index contributed by atoms with van der Waals surface area (Å²) in [5, 5.41) is 15.7. The Bertz CT molecular complexity index is 1560. The van der Waals surface area contributed by atoms with Crippen molar-refractivity contribution < 1.29 is 14.3 Å². The molecule has 0 aliphatic heterocycles. The average Bonchev–Trinajstić information content (AvgIpc) is 3.59. The third-order valence-electron chi connectivity index (χ3n) is 6.59. The average molecular weight is 525 g/mol. The van der Waals surface area contributed by atoms with Crippen molar-refractivity contribution in [2.24, 2.45) is 0 Å². The van der Waals surface area contributed by atoms with Crippen LogP contribution in [0.25, 0.3) is 11.0 Å². The van der Waals surface area contributed by atoms with Crippen molar-refractivity contribution in [3.05, 3.63) is 72.2 Å². The molecule has 1 aliphatic rings. The van der Waals surface area contributed by atoms with Crippen LogP contribution in [-0.2, 0) is 16.7 Å². The maximum absolute atomic E-state index is 12.0. The first-order valence-electron chi connectivity index (χ1n) is 13.0. The zero-order valence-electron chi connectivity index (χ0n) is 22.6. The van der Waals surface area contributed by atoms with Gasteiger partial charge < -0.3 is 24.7 Å². The van der Waals surface area contributed by atoms with E-state index < -0.39 is 11.7 Å². The third-order valence-corrected chi connectivity index (χ3v) is 6.59. The lowest BCUT2D eigenvalue weighted by molar-refractivity contribution is 0.0526. The Morgan fingerprint density at radius 2 is 1.97 bits per heavy atom. The number of rotatable bonds is 8. The second kappa shape index (κ2) is 10.3. The first kappa shape index (κ1) is 26.0. The van der Waals surface area contributed by atoms with E-state index in [4.69, 9.17) is 9.47 Å². The van der Waals surface area contributed by atoms with Gasteiger partial charge in [-0.15, -0.1) is 0 Å². The number of alkyl carbamates (subject to hydrolysis) is 1. The second-order valence-electron chi connectivity index (χ2n) is 10.8. The number of hydrogen-bond donors (Lipinski definition) is 2. The molecular formula is C30H32N6O3. The molecule has 2 N–H and O–H groups in total. The van der Waals surface area contributed by atoms with E-state index >= 15 is 0 Å². The molecule has 1 aliphatic carbocycles. The lowest BCUT2D eigenvalue weighted by atomic mass is 9.98. The number of hydrogen-bond acceptors (Lipinski definition) is 7. The lowest BCUT2D eigenvalue weighted by Crippen LogP contribution is -2.34. The Kier molecular flexibility index (Phi) is 6.87. The summed E-state index contributed by atoms with van der Waals surface area (Å²) in [6.45, 7) is 8.41. The van der Waals surface area contributed by atoms with Crippen LogP contribution in [0.5, 0.6) is 11.5 Å². The van der Waals surface area contributed by atoms with Crippen LogP contribution in [0, 0.1) is 18.3 Å². The van der Waals surface area contributed by atoms with Crippen LogP contribution in [0.4, 0.5) is 16.3 Å². The van der Waals surface area contributed by atoms with Crippen molar-refractivity contribution >= 4 is 28.6 Å². The highest BCUT2D eigenvalue weighted by Gasteiger charge is 2.45. The van der Waals surface area contributed by atoms with Crippen LogP contribution in [0.15, 0.2) is 61.1 Å². The summed E-state index contributed by atoms with van der Waals surface area (Å²) in [5.74, 6) is 2.12. The highest BCUT2D eigenvalue weighted by Crippen LogP contribution is 2.48. The van der Waals surface area contributed by atoms with Crippen molar-refractivity contribution in [1.82, 2.24) is 19.9 Å². The van der Waals surface area contributed by atoms with Gasteiger partial charge in [-0.1, -0.05) is 12.1 Å². The highest BCUT2D eigenvalue weighted by atomic mass is 16.6. The van der Waals surface area contributed by atoms with Crippen molar-refractivity contribution in [3.63, 3.8) is 0 Å². The number of benzene rings is 2. The number of carbonyl (C=O) groups excluding carboxylic acids is 1.